The first-order chi connectivity index (χ1) is 13.3. The van der Waals surface area contributed by atoms with E-state index in [0.717, 1.165) is 0 Å². The van der Waals surface area contributed by atoms with Crippen LogP contribution in [0.4, 0.5) is 0 Å². The third kappa shape index (κ3) is 8.55. The van der Waals surface area contributed by atoms with Crippen molar-refractivity contribution < 1.29 is 157 Å². The molecule has 1 fully saturated rings. The molecule has 1 aliphatic rings. The number of aliphatic hydroxyl groups excluding tert-OH is 1. The zero-order chi connectivity index (χ0) is 23.8. The normalized spacial score (nSPS) is 24.6. The fraction of sp³-hybridized carbons (Fsp3) is 0.842. The number of rotatable bonds is 10. The molecule has 174 valence electrons. The van der Waals surface area contributed by atoms with Gasteiger partial charge >= 0.3 is 103 Å². The number of carboxylic acid groups (broad SMARTS) is 3. The molecule has 0 unspecified atom stereocenters. The summed E-state index contributed by atoms with van der Waals surface area (Å²) in [6.45, 7) is 8.81. The average Bonchev–Trinajstić information content (AvgIpc) is 2.45. The van der Waals surface area contributed by atoms with Gasteiger partial charge in [0, 0.05) is 37.6 Å². The van der Waals surface area contributed by atoms with Crippen molar-refractivity contribution in [2.75, 3.05) is 6.61 Å². The molecule has 1 aliphatic heterocycles. The summed E-state index contributed by atoms with van der Waals surface area (Å²) in [7, 11) is 0. The molecule has 32 heavy (non-hydrogen) atoms. The number of hydrogen-bond acceptors (Lipinski definition) is 10. The molecule has 1 saturated heterocycles. The standard InChI is InChI=1S/C19H33NO10.2K/c1-16(2)7-12(21)8-17(3,4)20(16,29-11-18(5,6)28)30-19(15(26)27,9-13(22)23)10-14(24)25;;/h12,21,28H,7-11H2,1-6H3,(H2-,22,23,24,25,26,27);;/q;2*+1/p-2. The van der Waals surface area contributed by atoms with Crippen molar-refractivity contribution in [3.8, 4) is 0 Å². The van der Waals surface area contributed by atoms with Crippen molar-refractivity contribution in [1.82, 2.24) is 0 Å². The smallest absolute Gasteiger partial charge is 0.550 e. The SMILES string of the molecule is CC(C)(O)CO[N+]1(OC(CC(=O)[O-])(CC(=O)[O-])C(=O)[O-])C(C)(C)CC(O)CC1(C)C.[K+].[K+]. The van der Waals surface area contributed by atoms with Crippen molar-refractivity contribution >= 4 is 17.9 Å². The first-order valence-electron chi connectivity index (χ1n) is 9.55. The number of hydroxylamine groups is 4. The number of nitrogens with zero attached hydrogens (tertiary/aromatic N) is 1. The van der Waals surface area contributed by atoms with Crippen LogP contribution in [0.3, 0.4) is 0 Å². The number of aliphatic carboxylic acids is 3. The van der Waals surface area contributed by atoms with E-state index in [0.29, 0.717) is 0 Å². The number of carbonyl (C=O) groups excluding carboxylic acids is 3. The van der Waals surface area contributed by atoms with Crippen molar-refractivity contribution in [1.29, 1.82) is 0 Å². The van der Waals surface area contributed by atoms with Gasteiger partial charge < -0.3 is 39.9 Å². The minimum atomic E-state index is -2.89. The maximum absolute atomic E-state index is 12.0. The minimum absolute atomic E-state index is 0. The van der Waals surface area contributed by atoms with Crippen LogP contribution in [-0.4, -0.2) is 67.9 Å². The molecule has 0 aromatic carbocycles. The summed E-state index contributed by atoms with van der Waals surface area (Å²) in [5.41, 5.74) is -6.70. The summed E-state index contributed by atoms with van der Waals surface area (Å²) < 4.78 is 0. The summed E-state index contributed by atoms with van der Waals surface area (Å²) in [4.78, 5) is 45.4. The van der Waals surface area contributed by atoms with Gasteiger partial charge in [0.25, 0.3) is 0 Å². The van der Waals surface area contributed by atoms with Crippen molar-refractivity contribution in [3.63, 3.8) is 0 Å². The summed E-state index contributed by atoms with van der Waals surface area (Å²) in [6.07, 6.45) is -3.42. The second kappa shape index (κ2) is 12.6. The van der Waals surface area contributed by atoms with Crippen LogP contribution in [0.15, 0.2) is 0 Å². The summed E-state index contributed by atoms with van der Waals surface area (Å²) in [5, 5.41) is 55.2. The zero-order valence-electron chi connectivity index (χ0n) is 20.2. The van der Waals surface area contributed by atoms with E-state index in [-0.39, 0.29) is 122 Å². The first kappa shape index (κ1) is 35.6. The topological polar surface area (TPSA) is 179 Å². The molecule has 0 aromatic heterocycles. The Hall–Kier alpha value is 1.48. The van der Waals surface area contributed by atoms with E-state index in [1.54, 1.807) is 27.7 Å². The average molecular weight is 512 g/mol. The number of piperidine rings is 1. The molecule has 11 nitrogen and oxygen atoms in total. The Morgan fingerprint density at radius 2 is 1.34 bits per heavy atom. The Morgan fingerprint density at radius 3 is 1.62 bits per heavy atom. The maximum atomic E-state index is 12.0. The van der Waals surface area contributed by atoms with Crippen LogP contribution in [0.25, 0.3) is 0 Å². The molecule has 0 spiro atoms. The largest absolute Gasteiger partial charge is 1.00 e. The molecule has 0 bridgehead atoms. The summed E-state index contributed by atoms with van der Waals surface area (Å²) >= 11 is 0. The van der Waals surface area contributed by atoms with E-state index in [4.69, 9.17) is 9.68 Å². The molecule has 13 heteroatoms. The number of carbonyl (C=O) groups is 3. The number of carboxylic acids is 3. The van der Waals surface area contributed by atoms with E-state index < -0.39 is 63.9 Å². The van der Waals surface area contributed by atoms with Crippen molar-refractivity contribution in [3.05, 3.63) is 0 Å². The Morgan fingerprint density at radius 1 is 0.969 bits per heavy atom. The molecular formula is C19H31K2NO10. The van der Waals surface area contributed by atoms with Gasteiger partial charge in [0.2, 0.25) is 0 Å². The quantitative estimate of drug-likeness (QED) is 0.211. The fourth-order valence-electron chi connectivity index (χ4n) is 4.18. The van der Waals surface area contributed by atoms with E-state index in [1.165, 1.54) is 13.8 Å². The molecule has 0 saturated carbocycles. The van der Waals surface area contributed by atoms with Crippen LogP contribution >= 0.6 is 0 Å². The number of hydrogen-bond donors (Lipinski definition) is 2. The van der Waals surface area contributed by atoms with E-state index in [2.05, 4.69) is 0 Å². The first-order valence-corrected chi connectivity index (χ1v) is 9.55. The van der Waals surface area contributed by atoms with Crippen LogP contribution < -0.4 is 118 Å². The summed E-state index contributed by atoms with van der Waals surface area (Å²) in [6, 6.07) is 0. The Labute approximate surface area is 273 Å². The molecule has 0 aromatic rings. The fourth-order valence-corrected chi connectivity index (χ4v) is 4.18. The van der Waals surface area contributed by atoms with Crippen LogP contribution in [0.2, 0.25) is 0 Å². The zero-order valence-corrected chi connectivity index (χ0v) is 26.5. The molecule has 0 aliphatic carbocycles. The molecule has 1 heterocycles. The predicted molar refractivity (Wildman–Crippen MR) is 94.0 cm³/mol. The van der Waals surface area contributed by atoms with Gasteiger partial charge in [0.05, 0.1) is 17.7 Å². The third-order valence-corrected chi connectivity index (χ3v) is 5.20. The van der Waals surface area contributed by atoms with E-state index in [1.807, 2.05) is 0 Å². The Kier molecular flexibility index (Phi) is 14.1. The maximum Gasteiger partial charge on any atom is 1.00 e. The van der Waals surface area contributed by atoms with Gasteiger partial charge in [-0.3, -0.25) is 0 Å². The Bertz CT molecular complexity index is 656. The predicted octanol–water partition coefficient (Wildman–Crippen LogP) is -9.07. The second-order valence-electron chi connectivity index (χ2n) is 9.79. The molecule has 0 atom stereocenters. The van der Waals surface area contributed by atoms with E-state index in [9.17, 15) is 39.9 Å². The van der Waals surface area contributed by atoms with Crippen LogP contribution in [0, 0.1) is 0 Å². The van der Waals surface area contributed by atoms with Crippen LogP contribution in [0.5, 0.6) is 0 Å². The minimum Gasteiger partial charge on any atom is -0.550 e. The summed E-state index contributed by atoms with van der Waals surface area (Å²) in [5.74, 6) is -5.86. The molecule has 1 rings (SSSR count). The van der Waals surface area contributed by atoms with Gasteiger partial charge in [0.1, 0.15) is 6.61 Å². The molecule has 0 radical (unpaired) electrons. The number of aliphatic hydroxyl groups is 2. The van der Waals surface area contributed by atoms with Gasteiger partial charge in [-0.15, -0.1) is 0 Å². The Balaban J connectivity index is 0. The molecular weight excluding hydrogens is 480 g/mol. The molecule has 0 amide bonds. The van der Waals surface area contributed by atoms with Crippen molar-refractivity contribution in [2.24, 2.45) is 0 Å². The van der Waals surface area contributed by atoms with Gasteiger partial charge in [-0.2, -0.15) is 9.68 Å². The second-order valence-corrected chi connectivity index (χ2v) is 9.79. The van der Waals surface area contributed by atoms with Gasteiger partial charge in [0.15, 0.2) is 16.7 Å². The van der Waals surface area contributed by atoms with Gasteiger partial charge in [-0.1, -0.05) is 0 Å². The molecule has 2 N–H and O–H groups in total. The third-order valence-electron chi connectivity index (χ3n) is 5.20. The van der Waals surface area contributed by atoms with Gasteiger partial charge in [-0.05, 0) is 46.4 Å². The van der Waals surface area contributed by atoms with Crippen LogP contribution in [0.1, 0.15) is 67.2 Å². The van der Waals surface area contributed by atoms with Crippen LogP contribution in [-0.2, 0) is 24.1 Å². The van der Waals surface area contributed by atoms with Gasteiger partial charge in [-0.25, -0.2) is 0 Å². The van der Waals surface area contributed by atoms with Crippen molar-refractivity contribution in [2.45, 2.75) is 95.6 Å². The number of quaternary nitrogens is 1. The monoisotopic (exact) mass is 511 g/mol. The van der Waals surface area contributed by atoms with E-state index >= 15 is 0 Å².